The average Bonchev–Trinajstić information content (AvgIpc) is 3.33. The maximum atomic E-state index is 13.1. The Labute approximate surface area is 199 Å². The molecule has 3 aromatic rings. The summed E-state index contributed by atoms with van der Waals surface area (Å²) in [5.74, 6) is -1.76. The SMILES string of the molecule is CC(=O)NC(CC(=O)OC(C(=O)Nc1ccc(C)cc1[N+](=O)[O-])c1ccccc1)c1cccs1. The number of nitro groups is 1. The number of thiophene rings is 1. The molecule has 2 aromatic carbocycles. The van der Waals surface area contributed by atoms with Gasteiger partial charge in [0.2, 0.25) is 12.0 Å². The van der Waals surface area contributed by atoms with E-state index < -0.39 is 28.9 Å². The van der Waals surface area contributed by atoms with E-state index in [9.17, 15) is 24.5 Å². The highest BCUT2D eigenvalue weighted by atomic mass is 32.1. The molecule has 176 valence electrons. The van der Waals surface area contributed by atoms with Crippen LogP contribution in [-0.4, -0.2) is 22.7 Å². The van der Waals surface area contributed by atoms with Crippen molar-refractivity contribution in [1.82, 2.24) is 5.32 Å². The molecule has 0 aliphatic heterocycles. The molecule has 0 aliphatic carbocycles. The molecule has 2 atom stereocenters. The molecule has 0 aliphatic rings. The molecule has 34 heavy (non-hydrogen) atoms. The molecule has 9 nitrogen and oxygen atoms in total. The number of nitrogens with one attached hydrogen (secondary N) is 2. The molecule has 0 fully saturated rings. The topological polar surface area (TPSA) is 128 Å². The maximum Gasteiger partial charge on any atom is 0.309 e. The number of benzene rings is 2. The van der Waals surface area contributed by atoms with Crippen LogP contribution in [0.25, 0.3) is 0 Å². The maximum absolute atomic E-state index is 13.1. The van der Waals surface area contributed by atoms with E-state index in [-0.39, 0.29) is 23.7 Å². The van der Waals surface area contributed by atoms with Crippen LogP contribution < -0.4 is 10.6 Å². The zero-order chi connectivity index (χ0) is 24.7. The molecule has 0 saturated heterocycles. The number of rotatable bonds is 9. The Morgan fingerprint density at radius 3 is 2.44 bits per heavy atom. The number of amides is 2. The number of nitro benzene ring substituents is 1. The monoisotopic (exact) mass is 481 g/mol. The number of hydrogen-bond donors (Lipinski definition) is 2. The van der Waals surface area contributed by atoms with E-state index >= 15 is 0 Å². The van der Waals surface area contributed by atoms with Crippen molar-refractivity contribution in [3.8, 4) is 0 Å². The van der Waals surface area contributed by atoms with Gasteiger partial charge in [-0.25, -0.2) is 0 Å². The van der Waals surface area contributed by atoms with Gasteiger partial charge in [-0.1, -0.05) is 42.5 Å². The van der Waals surface area contributed by atoms with Gasteiger partial charge in [0.05, 0.1) is 17.4 Å². The second-order valence-electron chi connectivity index (χ2n) is 7.52. The third-order valence-electron chi connectivity index (χ3n) is 4.83. The summed E-state index contributed by atoms with van der Waals surface area (Å²) in [5, 5.41) is 18.5. The first kappa shape index (κ1) is 24.6. The highest BCUT2D eigenvalue weighted by molar-refractivity contribution is 7.10. The molecule has 1 heterocycles. The number of ether oxygens (including phenoxy) is 1. The summed E-state index contributed by atoms with van der Waals surface area (Å²) in [5.41, 5.74) is 0.783. The molecule has 2 N–H and O–H groups in total. The zero-order valence-electron chi connectivity index (χ0n) is 18.5. The summed E-state index contributed by atoms with van der Waals surface area (Å²) >= 11 is 1.38. The van der Waals surface area contributed by atoms with Crippen molar-refractivity contribution in [1.29, 1.82) is 0 Å². The van der Waals surface area contributed by atoms with Crippen LogP contribution in [0.3, 0.4) is 0 Å². The summed E-state index contributed by atoms with van der Waals surface area (Å²) in [7, 11) is 0. The fourth-order valence-electron chi connectivity index (χ4n) is 3.30. The van der Waals surface area contributed by atoms with Crippen molar-refractivity contribution in [3.63, 3.8) is 0 Å². The first-order valence-electron chi connectivity index (χ1n) is 10.4. The lowest BCUT2D eigenvalue weighted by Crippen LogP contribution is -2.30. The van der Waals surface area contributed by atoms with Crippen LogP contribution in [0.4, 0.5) is 11.4 Å². The van der Waals surface area contributed by atoms with Crippen molar-refractivity contribution < 1.29 is 24.0 Å². The van der Waals surface area contributed by atoms with Crippen LogP contribution in [-0.2, 0) is 19.1 Å². The van der Waals surface area contributed by atoms with Gasteiger partial charge in [-0.3, -0.25) is 24.5 Å². The fourth-order valence-corrected chi connectivity index (χ4v) is 4.08. The Morgan fingerprint density at radius 1 is 1.09 bits per heavy atom. The van der Waals surface area contributed by atoms with Crippen molar-refractivity contribution in [2.45, 2.75) is 32.4 Å². The molecule has 2 unspecified atom stereocenters. The molecule has 10 heteroatoms. The quantitative estimate of drug-likeness (QED) is 0.264. The van der Waals surface area contributed by atoms with Gasteiger partial charge in [0, 0.05) is 23.4 Å². The Bertz CT molecular complexity index is 1180. The number of hydrogen-bond acceptors (Lipinski definition) is 7. The molecule has 2 amide bonds. The lowest BCUT2D eigenvalue weighted by atomic mass is 10.1. The molecular weight excluding hydrogens is 458 g/mol. The summed E-state index contributed by atoms with van der Waals surface area (Å²) < 4.78 is 5.54. The summed E-state index contributed by atoms with van der Waals surface area (Å²) in [6.45, 7) is 3.05. The van der Waals surface area contributed by atoms with Crippen LogP contribution in [0.1, 0.15) is 41.5 Å². The first-order chi connectivity index (χ1) is 16.2. The summed E-state index contributed by atoms with van der Waals surface area (Å²) in [4.78, 5) is 49.2. The molecule has 3 rings (SSSR count). The second kappa shape index (κ2) is 11.2. The number of carbonyl (C=O) groups is 3. The summed E-state index contributed by atoms with van der Waals surface area (Å²) in [6, 6.07) is 15.7. The smallest absolute Gasteiger partial charge is 0.309 e. The van der Waals surface area contributed by atoms with E-state index in [0.717, 1.165) is 4.88 Å². The Hall–Kier alpha value is -4.05. The third kappa shape index (κ3) is 6.48. The number of nitrogens with zero attached hydrogens (tertiary/aromatic N) is 1. The van der Waals surface area contributed by atoms with E-state index in [1.165, 1.54) is 30.4 Å². The van der Waals surface area contributed by atoms with Gasteiger partial charge in [-0.05, 0) is 30.0 Å². The lowest BCUT2D eigenvalue weighted by Gasteiger charge is -2.20. The average molecular weight is 482 g/mol. The highest BCUT2D eigenvalue weighted by Gasteiger charge is 2.29. The fraction of sp³-hybridized carbons (Fsp3) is 0.208. The van der Waals surface area contributed by atoms with Crippen LogP contribution in [0.5, 0.6) is 0 Å². The van der Waals surface area contributed by atoms with Crippen molar-refractivity contribution in [3.05, 3.63) is 92.2 Å². The highest BCUT2D eigenvalue weighted by Crippen LogP contribution is 2.29. The van der Waals surface area contributed by atoms with Crippen molar-refractivity contribution in [2.75, 3.05) is 5.32 Å². The normalized spacial score (nSPS) is 12.3. The largest absolute Gasteiger partial charge is 0.447 e. The number of anilines is 1. The van der Waals surface area contributed by atoms with Crippen LogP contribution >= 0.6 is 11.3 Å². The molecule has 0 radical (unpaired) electrons. The van der Waals surface area contributed by atoms with E-state index in [2.05, 4.69) is 10.6 Å². The number of aryl methyl sites for hydroxylation is 1. The number of carbonyl (C=O) groups excluding carboxylic acids is 3. The predicted molar refractivity (Wildman–Crippen MR) is 127 cm³/mol. The molecular formula is C24H23N3O6S. The molecule has 0 saturated carbocycles. The van der Waals surface area contributed by atoms with Gasteiger partial charge in [0.25, 0.3) is 11.6 Å². The minimum atomic E-state index is -1.35. The van der Waals surface area contributed by atoms with Gasteiger partial charge in [0.15, 0.2) is 0 Å². The van der Waals surface area contributed by atoms with Crippen molar-refractivity contribution >= 4 is 40.5 Å². The Balaban J connectivity index is 1.83. The van der Waals surface area contributed by atoms with E-state index in [1.807, 2.05) is 5.38 Å². The van der Waals surface area contributed by atoms with Gasteiger partial charge in [0.1, 0.15) is 5.69 Å². The minimum absolute atomic E-state index is 0.00714. The first-order valence-corrected chi connectivity index (χ1v) is 11.2. The number of esters is 1. The van der Waals surface area contributed by atoms with Crippen molar-refractivity contribution in [2.24, 2.45) is 0 Å². The van der Waals surface area contributed by atoms with Gasteiger partial charge < -0.3 is 15.4 Å². The Kier molecular flexibility index (Phi) is 8.10. The second-order valence-corrected chi connectivity index (χ2v) is 8.50. The van der Waals surface area contributed by atoms with Gasteiger partial charge in [-0.15, -0.1) is 11.3 Å². The zero-order valence-corrected chi connectivity index (χ0v) is 19.3. The third-order valence-corrected chi connectivity index (χ3v) is 5.82. The van der Waals surface area contributed by atoms with Gasteiger partial charge in [-0.2, -0.15) is 0 Å². The minimum Gasteiger partial charge on any atom is -0.447 e. The van der Waals surface area contributed by atoms with Crippen LogP contribution in [0.2, 0.25) is 0 Å². The predicted octanol–water partition coefficient (Wildman–Crippen LogP) is 4.46. The van der Waals surface area contributed by atoms with Crippen LogP contribution in [0.15, 0.2) is 66.0 Å². The molecule has 0 spiro atoms. The molecule has 0 bridgehead atoms. The van der Waals surface area contributed by atoms with E-state index in [1.54, 1.807) is 55.5 Å². The van der Waals surface area contributed by atoms with Crippen LogP contribution in [0, 0.1) is 17.0 Å². The van der Waals surface area contributed by atoms with E-state index in [4.69, 9.17) is 4.74 Å². The molecule has 1 aromatic heterocycles. The standard InChI is InChI=1S/C24H23N3O6S/c1-15-10-11-18(20(13-15)27(31)32)26-24(30)23(17-7-4-3-5-8-17)33-22(29)14-19(25-16(2)28)21-9-6-12-34-21/h3-13,19,23H,14H2,1-2H3,(H,25,28)(H,26,30). The summed E-state index contributed by atoms with van der Waals surface area (Å²) in [6.07, 6.45) is -1.54. The Morgan fingerprint density at radius 2 is 1.82 bits per heavy atom. The lowest BCUT2D eigenvalue weighted by molar-refractivity contribution is -0.384. The van der Waals surface area contributed by atoms with Gasteiger partial charge >= 0.3 is 5.97 Å². The van der Waals surface area contributed by atoms with E-state index in [0.29, 0.717) is 11.1 Å².